The molecule has 0 aliphatic heterocycles. The minimum atomic E-state index is 0.962. The van der Waals surface area contributed by atoms with Crippen LogP contribution in [0.4, 0.5) is 5.69 Å². The fourth-order valence-corrected chi connectivity index (χ4v) is 2.75. The van der Waals surface area contributed by atoms with Crippen LogP contribution in [0.2, 0.25) is 0 Å². The number of benzene rings is 2. The summed E-state index contributed by atoms with van der Waals surface area (Å²) in [5.41, 5.74) is 9.98. The van der Waals surface area contributed by atoms with Crippen LogP contribution in [-0.4, -0.2) is 11.2 Å². The Morgan fingerprint density at radius 1 is 1.00 bits per heavy atom. The van der Waals surface area contributed by atoms with E-state index in [0.717, 1.165) is 22.2 Å². The first-order chi connectivity index (χ1) is 10.6. The molecule has 1 heterocycles. The molecule has 0 aliphatic carbocycles. The second-order valence-corrected chi connectivity index (χ2v) is 5.56. The summed E-state index contributed by atoms with van der Waals surface area (Å²) in [5.74, 6) is 0. The zero-order valence-corrected chi connectivity index (χ0v) is 13.1. The molecule has 0 amide bonds. The molecule has 1 aromatic heterocycles. The summed E-state index contributed by atoms with van der Waals surface area (Å²) in [4.78, 5) is 4.35. The topological polar surface area (TPSA) is 37.3 Å². The molecule has 3 rings (SSSR count). The zero-order chi connectivity index (χ0) is 15.5. The monoisotopic (exact) mass is 289 g/mol. The first kappa shape index (κ1) is 14.3. The summed E-state index contributed by atoms with van der Waals surface area (Å²) in [6, 6.07) is 14.3. The first-order valence-electron chi connectivity index (χ1n) is 7.36. The van der Waals surface area contributed by atoms with E-state index in [1.807, 2.05) is 36.5 Å². The molecule has 3 aromatic rings. The third-order valence-corrected chi connectivity index (χ3v) is 3.77. The molecule has 22 heavy (non-hydrogen) atoms. The van der Waals surface area contributed by atoms with E-state index < -0.39 is 0 Å². The number of pyridine rings is 1. The Morgan fingerprint density at radius 2 is 1.73 bits per heavy atom. The number of nitrogens with one attached hydrogen (secondary N) is 1. The number of hydrogen-bond acceptors (Lipinski definition) is 3. The average molecular weight is 289 g/mol. The largest absolute Gasteiger partial charge is 0.278 e. The van der Waals surface area contributed by atoms with Crippen molar-refractivity contribution in [2.45, 2.75) is 20.8 Å². The van der Waals surface area contributed by atoms with Crippen molar-refractivity contribution in [1.82, 2.24) is 4.98 Å². The lowest BCUT2D eigenvalue weighted by atomic mass is 10.0. The molecule has 0 atom stereocenters. The SMILES string of the molecule is Cc1cc(C)c(C=NNc2ccnc3ccccc23)c(C)c1. The van der Waals surface area contributed by atoms with Crippen molar-refractivity contribution in [3.63, 3.8) is 0 Å². The van der Waals surface area contributed by atoms with Crippen LogP contribution < -0.4 is 5.43 Å². The van der Waals surface area contributed by atoms with Crippen LogP contribution in [-0.2, 0) is 0 Å². The van der Waals surface area contributed by atoms with Crippen molar-refractivity contribution in [1.29, 1.82) is 0 Å². The highest BCUT2D eigenvalue weighted by atomic mass is 15.3. The number of para-hydroxylation sites is 1. The van der Waals surface area contributed by atoms with Crippen LogP contribution in [0.25, 0.3) is 10.9 Å². The van der Waals surface area contributed by atoms with Crippen LogP contribution in [0.1, 0.15) is 22.3 Å². The molecule has 0 spiro atoms. The number of fused-ring (bicyclic) bond motifs is 1. The van der Waals surface area contributed by atoms with Gasteiger partial charge in [0.1, 0.15) is 0 Å². The van der Waals surface area contributed by atoms with E-state index in [1.165, 1.54) is 16.7 Å². The molecule has 110 valence electrons. The zero-order valence-electron chi connectivity index (χ0n) is 13.1. The minimum Gasteiger partial charge on any atom is -0.278 e. The lowest BCUT2D eigenvalue weighted by molar-refractivity contribution is 1.29. The van der Waals surface area contributed by atoms with Gasteiger partial charge in [0.25, 0.3) is 0 Å². The lowest BCUT2D eigenvalue weighted by Crippen LogP contribution is -1.97. The Labute approximate surface area is 130 Å². The number of aryl methyl sites for hydroxylation is 3. The molecule has 2 aromatic carbocycles. The van der Waals surface area contributed by atoms with Gasteiger partial charge in [-0.05, 0) is 44.0 Å². The predicted octanol–water partition coefficient (Wildman–Crippen LogP) is 4.61. The number of nitrogens with zero attached hydrogens (tertiary/aromatic N) is 2. The third kappa shape index (κ3) is 2.84. The smallest absolute Gasteiger partial charge is 0.0723 e. The third-order valence-electron chi connectivity index (χ3n) is 3.77. The normalized spacial score (nSPS) is 11.2. The highest BCUT2D eigenvalue weighted by Gasteiger charge is 2.02. The van der Waals surface area contributed by atoms with Crippen molar-refractivity contribution >= 4 is 22.8 Å². The van der Waals surface area contributed by atoms with Crippen LogP contribution in [0, 0.1) is 20.8 Å². The van der Waals surface area contributed by atoms with Gasteiger partial charge in [-0.25, -0.2) is 0 Å². The van der Waals surface area contributed by atoms with Crippen molar-refractivity contribution in [3.8, 4) is 0 Å². The molecule has 0 saturated carbocycles. The van der Waals surface area contributed by atoms with Gasteiger partial charge in [-0.1, -0.05) is 35.9 Å². The molecular weight excluding hydrogens is 270 g/mol. The quantitative estimate of drug-likeness (QED) is 0.565. The maximum atomic E-state index is 4.41. The van der Waals surface area contributed by atoms with Crippen molar-refractivity contribution < 1.29 is 0 Å². The predicted molar refractivity (Wildman–Crippen MR) is 93.6 cm³/mol. The molecule has 3 heteroatoms. The summed E-state index contributed by atoms with van der Waals surface area (Å²) in [6.07, 6.45) is 3.68. The number of aromatic nitrogens is 1. The first-order valence-corrected chi connectivity index (χ1v) is 7.36. The van der Waals surface area contributed by atoms with Crippen LogP contribution in [0.3, 0.4) is 0 Å². The summed E-state index contributed by atoms with van der Waals surface area (Å²) >= 11 is 0. The minimum absolute atomic E-state index is 0.962. The van der Waals surface area contributed by atoms with Gasteiger partial charge in [-0.2, -0.15) is 5.10 Å². The molecule has 0 bridgehead atoms. The van der Waals surface area contributed by atoms with Crippen LogP contribution in [0.5, 0.6) is 0 Å². The molecule has 0 fully saturated rings. The second kappa shape index (κ2) is 5.98. The van der Waals surface area contributed by atoms with E-state index >= 15 is 0 Å². The lowest BCUT2D eigenvalue weighted by Gasteiger charge is -2.08. The number of hydrogen-bond donors (Lipinski definition) is 1. The van der Waals surface area contributed by atoms with Crippen molar-refractivity contribution in [3.05, 3.63) is 70.9 Å². The van der Waals surface area contributed by atoms with Crippen molar-refractivity contribution in [2.75, 3.05) is 5.43 Å². The highest BCUT2D eigenvalue weighted by molar-refractivity contribution is 5.91. The van der Waals surface area contributed by atoms with Gasteiger partial charge in [0.2, 0.25) is 0 Å². The molecule has 0 radical (unpaired) electrons. The summed E-state index contributed by atoms with van der Waals surface area (Å²) in [6.45, 7) is 6.34. The fraction of sp³-hybridized carbons (Fsp3) is 0.158. The Hall–Kier alpha value is -2.68. The van der Waals surface area contributed by atoms with Gasteiger partial charge >= 0.3 is 0 Å². The molecule has 0 saturated heterocycles. The van der Waals surface area contributed by atoms with Crippen LogP contribution in [0.15, 0.2) is 53.8 Å². The fourth-order valence-electron chi connectivity index (χ4n) is 2.75. The van der Waals surface area contributed by atoms with E-state index in [4.69, 9.17) is 0 Å². The number of rotatable bonds is 3. The molecule has 0 unspecified atom stereocenters. The summed E-state index contributed by atoms with van der Waals surface area (Å²) in [5, 5.41) is 5.48. The van der Waals surface area contributed by atoms with Gasteiger partial charge < -0.3 is 0 Å². The van der Waals surface area contributed by atoms with E-state index in [9.17, 15) is 0 Å². The number of hydrazone groups is 1. The summed E-state index contributed by atoms with van der Waals surface area (Å²) in [7, 11) is 0. The maximum Gasteiger partial charge on any atom is 0.0723 e. The number of anilines is 1. The van der Waals surface area contributed by atoms with Gasteiger partial charge in [-0.3, -0.25) is 10.4 Å². The average Bonchev–Trinajstić information content (AvgIpc) is 2.50. The van der Waals surface area contributed by atoms with Gasteiger partial charge in [0.15, 0.2) is 0 Å². The van der Waals surface area contributed by atoms with Gasteiger partial charge in [0, 0.05) is 17.1 Å². The van der Waals surface area contributed by atoms with E-state index in [2.05, 4.69) is 48.4 Å². The van der Waals surface area contributed by atoms with E-state index in [1.54, 1.807) is 6.20 Å². The molecule has 1 N–H and O–H groups in total. The van der Waals surface area contributed by atoms with Gasteiger partial charge in [0.05, 0.1) is 17.4 Å². The summed E-state index contributed by atoms with van der Waals surface area (Å²) < 4.78 is 0. The van der Waals surface area contributed by atoms with Gasteiger partial charge in [-0.15, -0.1) is 0 Å². The van der Waals surface area contributed by atoms with Crippen LogP contribution >= 0.6 is 0 Å². The molecule has 0 aliphatic rings. The Bertz CT molecular complexity index is 822. The van der Waals surface area contributed by atoms with Crippen molar-refractivity contribution in [2.24, 2.45) is 5.10 Å². The standard InChI is InChI=1S/C19H19N3/c1-13-10-14(2)17(15(3)11-13)12-21-22-19-8-9-20-18-7-5-4-6-16(18)19/h4-12H,1-3H3,(H,20,22). The Balaban J connectivity index is 1.88. The molecule has 3 nitrogen and oxygen atoms in total. The second-order valence-electron chi connectivity index (χ2n) is 5.56. The molecular formula is C19H19N3. The Morgan fingerprint density at radius 3 is 2.50 bits per heavy atom. The van der Waals surface area contributed by atoms with E-state index in [0.29, 0.717) is 0 Å². The Kier molecular flexibility index (Phi) is 3.88. The highest BCUT2D eigenvalue weighted by Crippen LogP contribution is 2.21. The van der Waals surface area contributed by atoms with E-state index in [-0.39, 0.29) is 0 Å². The maximum absolute atomic E-state index is 4.41.